The van der Waals surface area contributed by atoms with Crippen LogP contribution < -0.4 is 4.74 Å². The van der Waals surface area contributed by atoms with E-state index in [1.165, 1.54) is 0 Å². The first-order valence-corrected chi connectivity index (χ1v) is 10.0. The Kier molecular flexibility index (Phi) is 5.29. The summed E-state index contributed by atoms with van der Waals surface area (Å²) in [4.78, 5) is 24.6. The van der Waals surface area contributed by atoms with E-state index in [0.717, 1.165) is 48.2 Å². The van der Waals surface area contributed by atoms with E-state index in [-0.39, 0.29) is 11.8 Å². The molecule has 1 atom stereocenters. The summed E-state index contributed by atoms with van der Waals surface area (Å²) in [7, 11) is 0. The Bertz CT molecular complexity index is 976. The number of likely N-dealkylation sites (tertiary alicyclic amines) is 1. The van der Waals surface area contributed by atoms with Crippen molar-refractivity contribution in [1.29, 1.82) is 0 Å². The van der Waals surface area contributed by atoms with E-state index >= 15 is 0 Å². The number of carbonyl (C=O) groups excluding carboxylic acids is 1. The molecule has 0 N–H and O–H groups in total. The molecule has 1 aliphatic rings. The fourth-order valence-electron chi connectivity index (χ4n) is 3.35. The number of aryl methyl sites for hydroxylation is 2. The summed E-state index contributed by atoms with van der Waals surface area (Å²) < 4.78 is 9.77. The van der Waals surface area contributed by atoms with Gasteiger partial charge in [0.2, 0.25) is 5.88 Å². The Labute approximate surface area is 167 Å². The smallest absolute Gasteiger partial charge is 0.267 e. The number of piperidine rings is 1. The van der Waals surface area contributed by atoms with Gasteiger partial charge < -0.3 is 9.64 Å². The van der Waals surface area contributed by atoms with Gasteiger partial charge in [0.1, 0.15) is 16.5 Å². The molecule has 144 valence electrons. The molecule has 28 heavy (non-hydrogen) atoms. The van der Waals surface area contributed by atoms with Crippen molar-refractivity contribution in [3.8, 4) is 11.6 Å². The molecule has 1 amide bonds. The van der Waals surface area contributed by atoms with Gasteiger partial charge in [-0.05, 0) is 50.4 Å². The molecule has 0 spiro atoms. The quantitative estimate of drug-likeness (QED) is 0.669. The zero-order valence-electron chi connectivity index (χ0n) is 15.8. The SMILES string of the molecule is Cc1cc(Oc2ccccc2)nc(C2CCCN(C(=O)c3snnc3C)C2)n1. The van der Waals surface area contributed by atoms with Crippen molar-refractivity contribution in [2.45, 2.75) is 32.6 Å². The average Bonchev–Trinajstić information content (AvgIpc) is 3.14. The first kappa shape index (κ1) is 18.5. The summed E-state index contributed by atoms with van der Waals surface area (Å²) >= 11 is 1.15. The standard InChI is InChI=1S/C20H21N5O2S/c1-13-11-17(27-16-8-4-3-5-9-16)22-19(21-13)15-7-6-10-25(12-15)20(26)18-14(2)23-24-28-18/h3-5,8-9,11,15H,6-7,10,12H2,1-2H3. The number of carbonyl (C=O) groups is 1. The van der Waals surface area contributed by atoms with Crippen LogP contribution in [0.25, 0.3) is 0 Å². The molecule has 0 bridgehead atoms. The van der Waals surface area contributed by atoms with Crippen LogP contribution in [0.15, 0.2) is 36.4 Å². The third-order valence-corrected chi connectivity index (χ3v) is 5.55. The lowest BCUT2D eigenvalue weighted by atomic mass is 9.97. The number of hydrogen-bond acceptors (Lipinski definition) is 7. The zero-order chi connectivity index (χ0) is 19.5. The second kappa shape index (κ2) is 8.02. The fourth-order valence-corrected chi connectivity index (χ4v) is 3.97. The molecular weight excluding hydrogens is 374 g/mol. The van der Waals surface area contributed by atoms with Gasteiger partial charge in [-0.1, -0.05) is 22.7 Å². The molecule has 0 radical (unpaired) electrons. The Morgan fingerprint density at radius 2 is 2.04 bits per heavy atom. The van der Waals surface area contributed by atoms with Crippen molar-refractivity contribution >= 4 is 17.4 Å². The Hall–Kier alpha value is -2.87. The summed E-state index contributed by atoms with van der Waals surface area (Å²) in [5.41, 5.74) is 1.53. The van der Waals surface area contributed by atoms with Crippen LogP contribution in [0.5, 0.6) is 11.6 Å². The molecule has 1 aromatic carbocycles. The largest absolute Gasteiger partial charge is 0.439 e. The van der Waals surface area contributed by atoms with Gasteiger partial charge >= 0.3 is 0 Å². The van der Waals surface area contributed by atoms with Crippen LogP contribution in [0.2, 0.25) is 0 Å². The molecule has 1 saturated heterocycles. The Balaban J connectivity index is 1.53. The summed E-state index contributed by atoms with van der Waals surface area (Å²) in [6, 6.07) is 11.4. The summed E-state index contributed by atoms with van der Waals surface area (Å²) in [6.45, 7) is 5.06. The molecule has 1 fully saturated rings. The Morgan fingerprint density at radius 3 is 2.79 bits per heavy atom. The average molecular weight is 395 g/mol. The van der Waals surface area contributed by atoms with E-state index in [0.29, 0.717) is 23.0 Å². The molecule has 3 aromatic rings. The highest BCUT2D eigenvalue weighted by molar-refractivity contribution is 7.07. The minimum Gasteiger partial charge on any atom is -0.439 e. The maximum atomic E-state index is 12.8. The molecule has 1 aliphatic heterocycles. The van der Waals surface area contributed by atoms with Gasteiger partial charge in [0.25, 0.3) is 5.91 Å². The van der Waals surface area contributed by atoms with Gasteiger partial charge in [0.15, 0.2) is 0 Å². The number of nitrogens with zero attached hydrogens (tertiary/aromatic N) is 5. The van der Waals surface area contributed by atoms with Crippen molar-refractivity contribution in [3.63, 3.8) is 0 Å². The maximum Gasteiger partial charge on any atom is 0.267 e. The number of para-hydroxylation sites is 1. The number of hydrogen-bond donors (Lipinski definition) is 0. The van der Waals surface area contributed by atoms with Crippen LogP contribution in [0, 0.1) is 13.8 Å². The van der Waals surface area contributed by atoms with Gasteiger partial charge in [-0.25, -0.2) is 4.98 Å². The number of benzene rings is 1. The van der Waals surface area contributed by atoms with Gasteiger partial charge in [-0.15, -0.1) is 5.10 Å². The maximum absolute atomic E-state index is 12.8. The van der Waals surface area contributed by atoms with E-state index in [9.17, 15) is 4.79 Å². The minimum atomic E-state index is -0.00869. The predicted octanol–water partition coefficient (Wildman–Crippen LogP) is 3.76. The monoisotopic (exact) mass is 395 g/mol. The van der Waals surface area contributed by atoms with E-state index in [1.807, 2.05) is 55.1 Å². The molecule has 3 heterocycles. The minimum absolute atomic E-state index is 0.00869. The molecule has 1 unspecified atom stereocenters. The lowest BCUT2D eigenvalue weighted by molar-refractivity contribution is 0.0708. The fraction of sp³-hybridized carbons (Fsp3) is 0.350. The van der Waals surface area contributed by atoms with E-state index in [2.05, 4.69) is 19.6 Å². The third kappa shape index (κ3) is 4.01. The normalized spacial score (nSPS) is 16.8. The van der Waals surface area contributed by atoms with Crippen molar-refractivity contribution in [1.82, 2.24) is 24.5 Å². The van der Waals surface area contributed by atoms with E-state index in [4.69, 9.17) is 4.74 Å². The van der Waals surface area contributed by atoms with E-state index < -0.39 is 0 Å². The lowest BCUT2D eigenvalue weighted by Crippen LogP contribution is -2.39. The second-order valence-electron chi connectivity index (χ2n) is 6.90. The molecule has 2 aromatic heterocycles. The van der Waals surface area contributed by atoms with Gasteiger partial charge in [-0.3, -0.25) is 4.79 Å². The summed E-state index contributed by atoms with van der Waals surface area (Å²) in [6.07, 6.45) is 1.85. The third-order valence-electron chi connectivity index (χ3n) is 4.73. The van der Waals surface area contributed by atoms with Crippen LogP contribution in [0.3, 0.4) is 0 Å². The number of ether oxygens (including phenoxy) is 1. The number of rotatable bonds is 4. The van der Waals surface area contributed by atoms with Crippen LogP contribution in [0.4, 0.5) is 0 Å². The Morgan fingerprint density at radius 1 is 1.21 bits per heavy atom. The van der Waals surface area contributed by atoms with Gasteiger partial charge in [0.05, 0.1) is 5.69 Å². The summed E-state index contributed by atoms with van der Waals surface area (Å²) in [5, 5.41) is 3.95. The van der Waals surface area contributed by atoms with Crippen molar-refractivity contribution < 1.29 is 9.53 Å². The predicted molar refractivity (Wildman–Crippen MR) is 106 cm³/mol. The second-order valence-corrected chi connectivity index (χ2v) is 7.65. The van der Waals surface area contributed by atoms with Crippen LogP contribution in [-0.2, 0) is 0 Å². The van der Waals surface area contributed by atoms with E-state index in [1.54, 1.807) is 0 Å². The molecule has 8 heteroatoms. The lowest BCUT2D eigenvalue weighted by Gasteiger charge is -2.31. The number of aromatic nitrogens is 4. The number of amides is 1. The van der Waals surface area contributed by atoms with Crippen molar-refractivity contribution in [3.05, 3.63) is 58.5 Å². The van der Waals surface area contributed by atoms with Crippen molar-refractivity contribution in [2.75, 3.05) is 13.1 Å². The highest BCUT2D eigenvalue weighted by Crippen LogP contribution is 2.29. The van der Waals surface area contributed by atoms with Crippen LogP contribution >= 0.6 is 11.5 Å². The van der Waals surface area contributed by atoms with Crippen LogP contribution in [-0.4, -0.2) is 43.5 Å². The highest BCUT2D eigenvalue weighted by Gasteiger charge is 2.29. The summed E-state index contributed by atoms with van der Waals surface area (Å²) in [5.74, 6) is 2.06. The molecule has 7 nitrogen and oxygen atoms in total. The van der Waals surface area contributed by atoms with Gasteiger partial charge in [0, 0.05) is 30.8 Å². The topological polar surface area (TPSA) is 81.1 Å². The van der Waals surface area contributed by atoms with Gasteiger partial charge in [-0.2, -0.15) is 4.98 Å². The van der Waals surface area contributed by atoms with Crippen molar-refractivity contribution in [2.24, 2.45) is 0 Å². The zero-order valence-corrected chi connectivity index (χ0v) is 16.6. The molecule has 4 rings (SSSR count). The first-order valence-electron chi connectivity index (χ1n) is 9.27. The highest BCUT2D eigenvalue weighted by atomic mass is 32.1. The first-order chi connectivity index (χ1) is 13.6. The molecular formula is C20H21N5O2S. The van der Waals surface area contributed by atoms with Crippen LogP contribution in [0.1, 0.15) is 45.6 Å². The molecule has 0 saturated carbocycles. The molecule has 0 aliphatic carbocycles.